The van der Waals surface area contributed by atoms with Gasteiger partial charge >= 0.3 is 0 Å². The molecule has 0 spiro atoms. The van der Waals surface area contributed by atoms with Crippen LogP contribution in [0.2, 0.25) is 0 Å². The third-order valence-corrected chi connectivity index (χ3v) is 3.98. The lowest BCUT2D eigenvalue weighted by molar-refractivity contribution is 0.104. The fraction of sp³-hybridized carbons (Fsp3) is 0.312. The molecule has 0 amide bonds. The summed E-state index contributed by atoms with van der Waals surface area (Å²) in [7, 11) is 1.61. The Balaban J connectivity index is 2.10. The van der Waals surface area contributed by atoms with E-state index in [0.717, 1.165) is 22.6 Å². The van der Waals surface area contributed by atoms with Gasteiger partial charge in [-0.1, -0.05) is 37.6 Å². The number of unbranched alkanes of at least 4 members (excludes halogenated alkanes) is 1. The Morgan fingerprint density at radius 1 is 1.26 bits per heavy atom. The Morgan fingerprint density at radius 3 is 2.58 bits per heavy atom. The summed E-state index contributed by atoms with van der Waals surface area (Å²) < 4.78 is 5.10. The first kappa shape index (κ1) is 13.8. The fourth-order valence-corrected chi connectivity index (χ4v) is 2.71. The van der Waals surface area contributed by atoms with Crippen molar-refractivity contribution in [3.8, 4) is 5.75 Å². The number of rotatable bonds is 6. The minimum Gasteiger partial charge on any atom is -0.496 e. The molecule has 0 N–H and O–H groups in total. The van der Waals surface area contributed by atoms with E-state index in [1.54, 1.807) is 13.2 Å². The number of ether oxygens (including phenoxy) is 1. The van der Waals surface area contributed by atoms with Gasteiger partial charge < -0.3 is 4.74 Å². The number of hydrogen-bond acceptors (Lipinski definition) is 3. The summed E-state index contributed by atoms with van der Waals surface area (Å²) in [5.41, 5.74) is 2.03. The van der Waals surface area contributed by atoms with Gasteiger partial charge in [-0.2, -0.15) is 0 Å². The van der Waals surface area contributed by atoms with E-state index in [1.807, 2.05) is 29.6 Å². The van der Waals surface area contributed by atoms with Crippen LogP contribution in [0.3, 0.4) is 0 Å². The minimum atomic E-state index is 0.0651. The highest BCUT2D eigenvalue weighted by Gasteiger charge is 2.12. The molecule has 1 heterocycles. The summed E-state index contributed by atoms with van der Waals surface area (Å²) in [4.78, 5) is 13.0. The van der Waals surface area contributed by atoms with E-state index in [1.165, 1.54) is 29.7 Å². The lowest BCUT2D eigenvalue weighted by atomic mass is 10.0. The van der Waals surface area contributed by atoms with E-state index in [0.29, 0.717) is 0 Å². The molecule has 100 valence electrons. The zero-order chi connectivity index (χ0) is 13.7. The molecule has 0 aliphatic heterocycles. The smallest absolute Gasteiger partial charge is 0.203 e. The van der Waals surface area contributed by atoms with Gasteiger partial charge in [-0.05, 0) is 18.4 Å². The Kier molecular flexibility index (Phi) is 4.74. The first-order chi connectivity index (χ1) is 9.24. The van der Waals surface area contributed by atoms with Crippen molar-refractivity contribution in [2.24, 2.45) is 0 Å². The average Bonchev–Trinajstić information content (AvgIpc) is 2.94. The van der Waals surface area contributed by atoms with E-state index in [4.69, 9.17) is 4.74 Å². The molecule has 0 aliphatic carbocycles. The number of carbonyl (C=O) groups excluding carboxylic acids is 1. The highest BCUT2D eigenvalue weighted by atomic mass is 32.1. The third kappa shape index (κ3) is 3.44. The summed E-state index contributed by atoms with van der Waals surface area (Å²) in [5, 5.41) is 1.85. The standard InChI is InChI=1S/C16H18O2S/c1-3-4-5-12-6-8-13(9-7-12)16(17)15-10-14(18-2)11-19-15/h6-11H,3-5H2,1-2H3. The van der Waals surface area contributed by atoms with Gasteiger partial charge in [0.05, 0.1) is 12.0 Å². The third-order valence-electron chi connectivity index (χ3n) is 3.07. The Labute approximate surface area is 118 Å². The van der Waals surface area contributed by atoms with Crippen molar-refractivity contribution in [1.29, 1.82) is 0 Å². The van der Waals surface area contributed by atoms with E-state index >= 15 is 0 Å². The molecule has 1 aromatic heterocycles. The van der Waals surface area contributed by atoms with Gasteiger partial charge in [0.25, 0.3) is 0 Å². The van der Waals surface area contributed by atoms with Crippen LogP contribution in [0.4, 0.5) is 0 Å². The molecular weight excluding hydrogens is 256 g/mol. The molecule has 0 radical (unpaired) electrons. The number of hydrogen-bond donors (Lipinski definition) is 0. The van der Waals surface area contributed by atoms with E-state index < -0.39 is 0 Å². The van der Waals surface area contributed by atoms with Gasteiger partial charge in [-0.15, -0.1) is 11.3 Å². The van der Waals surface area contributed by atoms with Gasteiger partial charge in [-0.3, -0.25) is 4.79 Å². The average molecular weight is 274 g/mol. The first-order valence-electron chi connectivity index (χ1n) is 6.50. The number of carbonyl (C=O) groups is 1. The van der Waals surface area contributed by atoms with E-state index in [2.05, 4.69) is 6.92 Å². The normalized spacial score (nSPS) is 10.4. The molecule has 0 bridgehead atoms. The number of aryl methyl sites for hydroxylation is 1. The van der Waals surface area contributed by atoms with Gasteiger partial charge in [-0.25, -0.2) is 0 Å². The molecule has 0 saturated carbocycles. The Hall–Kier alpha value is -1.61. The van der Waals surface area contributed by atoms with Crippen LogP contribution in [-0.4, -0.2) is 12.9 Å². The van der Waals surface area contributed by atoms with Crippen molar-refractivity contribution >= 4 is 17.1 Å². The van der Waals surface area contributed by atoms with Crippen LogP contribution in [0.15, 0.2) is 35.7 Å². The van der Waals surface area contributed by atoms with Crippen molar-refractivity contribution in [1.82, 2.24) is 0 Å². The van der Waals surface area contributed by atoms with Crippen molar-refractivity contribution < 1.29 is 9.53 Å². The highest BCUT2D eigenvalue weighted by Crippen LogP contribution is 2.24. The quantitative estimate of drug-likeness (QED) is 0.733. The number of thiophene rings is 1. The van der Waals surface area contributed by atoms with Crippen LogP contribution in [0.1, 0.15) is 40.6 Å². The monoisotopic (exact) mass is 274 g/mol. The fourth-order valence-electron chi connectivity index (χ4n) is 1.89. The second-order valence-corrected chi connectivity index (χ2v) is 5.39. The zero-order valence-electron chi connectivity index (χ0n) is 11.3. The Morgan fingerprint density at radius 2 is 2.00 bits per heavy atom. The first-order valence-corrected chi connectivity index (χ1v) is 7.38. The molecule has 1 aromatic carbocycles. The van der Waals surface area contributed by atoms with Gasteiger partial charge in [0.1, 0.15) is 5.75 Å². The van der Waals surface area contributed by atoms with Crippen molar-refractivity contribution in [3.63, 3.8) is 0 Å². The van der Waals surface area contributed by atoms with E-state index in [9.17, 15) is 4.79 Å². The minimum absolute atomic E-state index is 0.0651. The van der Waals surface area contributed by atoms with Crippen LogP contribution in [0.5, 0.6) is 5.75 Å². The highest BCUT2D eigenvalue weighted by molar-refractivity contribution is 7.12. The van der Waals surface area contributed by atoms with Crippen LogP contribution in [0.25, 0.3) is 0 Å². The SMILES string of the molecule is CCCCc1ccc(C(=O)c2cc(OC)cs2)cc1. The largest absolute Gasteiger partial charge is 0.496 e. The van der Waals surface area contributed by atoms with Crippen LogP contribution >= 0.6 is 11.3 Å². The maximum absolute atomic E-state index is 12.3. The maximum Gasteiger partial charge on any atom is 0.203 e. The van der Waals surface area contributed by atoms with Gasteiger partial charge in [0.15, 0.2) is 0 Å². The zero-order valence-corrected chi connectivity index (χ0v) is 12.1. The maximum atomic E-state index is 12.3. The van der Waals surface area contributed by atoms with E-state index in [-0.39, 0.29) is 5.78 Å². The topological polar surface area (TPSA) is 26.3 Å². The van der Waals surface area contributed by atoms with Crippen LogP contribution < -0.4 is 4.74 Å². The van der Waals surface area contributed by atoms with Crippen LogP contribution in [0, 0.1) is 0 Å². The van der Waals surface area contributed by atoms with Gasteiger partial charge in [0.2, 0.25) is 5.78 Å². The van der Waals surface area contributed by atoms with Crippen molar-refractivity contribution in [2.75, 3.05) is 7.11 Å². The molecule has 2 nitrogen and oxygen atoms in total. The molecule has 0 fully saturated rings. The lowest BCUT2D eigenvalue weighted by Crippen LogP contribution is -1.98. The molecule has 0 aliphatic rings. The molecule has 0 atom stereocenters. The van der Waals surface area contributed by atoms with Crippen molar-refractivity contribution in [3.05, 3.63) is 51.7 Å². The predicted molar refractivity (Wildman–Crippen MR) is 79.4 cm³/mol. The molecule has 19 heavy (non-hydrogen) atoms. The van der Waals surface area contributed by atoms with Gasteiger partial charge in [0, 0.05) is 17.0 Å². The number of benzene rings is 1. The number of methoxy groups -OCH3 is 1. The second kappa shape index (κ2) is 6.53. The van der Waals surface area contributed by atoms with Crippen LogP contribution in [-0.2, 0) is 6.42 Å². The molecular formula is C16H18O2S. The summed E-state index contributed by atoms with van der Waals surface area (Å²) >= 11 is 1.42. The molecule has 3 heteroatoms. The summed E-state index contributed by atoms with van der Waals surface area (Å²) in [5.74, 6) is 0.809. The summed E-state index contributed by atoms with van der Waals surface area (Å²) in [6.45, 7) is 2.18. The predicted octanol–water partition coefficient (Wildman–Crippen LogP) is 4.33. The number of ketones is 1. The molecule has 0 unspecified atom stereocenters. The van der Waals surface area contributed by atoms with Crippen molar-refractivity contribution in [2.45, 2.75) is 26.2 Å². The summed E-state index contributed by atoms with van der Waals surface area (Å²) in [6.07, 6.45) is 3.46. The molecule has 0 saturated heterocycles. The lowest BCUT2D eigenvalue weighted by Gasteiger charge is -2.02. The molecule has 2 rings (SSSR count). The second-order valence-electron chi connectivity index (χ2n) is 4.48. The molecule has 2 aromatic rings. The summed E-state index contributed by atoms with van der Waals surface area (Å²) in [6, 6.07) is 9.72. The Bertz CT molecular complexity index is 540.